The third-order valence-electron chi connectivity index (χ3n) is 2.81. The van der Waals surface area contributed by atoms with Gasteiger partial charge in [0.05, 0.1) is 12.7 Å². The molecule has 1 amide bonds. The Kier molecular flexibility index (Phi) is 5.32. The van der Waals surface area contributed by atoms with Crippen molar-refractivity contribution in [3.8, 4) is 0 Å². The van der Waals surface area contributed by atoms with Crippen LogP contribution in [0.2, 0.25) is 0 Å². The number of rotatable bonds is 6. The molecule has 0 bridgehead atoms. The molecular weight excluding hydrogens is 270 g/mol. The van der Waals surface area contributed by atoms with Crippen LogP contribution in [0.4, 0.5) is 0 Å². The van der Waals surface area contributed by atoms with Crippen molar-refractivity contribution in [1.29, 1.82) is 0 Å². The summed E-state index contributed by atoms with van der Waals surface area (Å²) in [5, 5.41) is 6.67. The van der Waals surface area contributed by atoms with Gasteiger partial charge in [-0.15, -0.1) is 0 Å². The van der Waals surface area contributed by atoms with Crippen molar-refractivity contribution < 1.29 is 9.53 Å². The molecule has 20 heavy (non-hydrogen) atoms. The minimum Gasteiger partial charge on any atom is -0.374 e. The van der Waals surface area contributed by atoms with Crippen molar-refractivity contribution in [1.82, 2.24) is 5.32 Å². The van der Waals surface area contributed by atoms with Gasteiger partial charge in [-0.3, -0.25) is 4.79 Å². The van der Waals surface area contributed by atoms with Crippen LogP contribution in [0, 0.1) is 0 Å². The normalized spacial score (nSPS) is 10.8. The van der Waals surface area contributed by atoms with Crippen LogP contribution in [-0.4, -0.2) is 12.0 Å². The lowest BCUT2D eigenvalue weighted by atomic mass is 10.1. The first kappa shape index (κ1) is 14.8. The van der Waals surface area contributed by atoms with Gasteiger partial charge in [0.15, 0.2) is 0 Å². The van der Waals surface area contributed by atoms with Crippen molar-refractivity contribution in [2.24, 2.45) is 0 Å². The molecule has 2 rings (SSSR count). The predicted molar refractivity (Wildman–Crippen MR) is 81.9 cm³/mol. The van der Waals surface area contributed by atoms with E-state index in [1.807, 2.05) is 48.9 Å². The zero-order valence-corrected chi connectivity index (χ0v) is 12.6. The van der Waals surface area contributed by atoms with Crippen LogP contribution < -0.4 is 5.32 Å². The van der Waals surface area contributed by atoms with Crippen LogP contribution in [0.25, 0.3) is 0 Å². The summed E-state index contributed by atoms with van der Waals surface area (Å²) in [5.74, 6) is -0.0323. The lowest BCUT2D eigenvalue weighted by Crippen LogP contribution is -2.22. The number of hydrogen-bond donors (Lipinski definition) is 1. The fourth-order valence-electron chi connectivity index (χ4n) is 1.77. The maximum absolute atomic E-state index is 11.8. The maximum Gasteiger partial charge on any atom is 0.252 e. The van der Waals surface area contributed by atoms with E-state index in [2.05, 4.69) is 11.4 Å². The summed E-state index contributed by atoms with van der Waals surface area (Å²) in [6, 6.07) is 9.92. The summed E-state index contributed by atoms with van der Waals surface area (Å²) >= 11 is 1.52. The first-order valence-corrected chi connectivity index (χ1v) is 7.59. The molecule has 0 fully saturated rings. The summed E-state index contributed by atoms with van der Waals surface area (Å²) < 4.78 is 5.58. The largest absolute Gasteiger partial charge is 0.374 e. The lowest BCUT2D eigenvalue weighted by molar-refractivity contribution is 0.0657. The topological polar surface area (TPSA) is 38.3 Å². The molecule has 4 heteroatoms. The van der Waals surface area contributed by atoms with Gasteiger partial charge in [-0.05, 0) is 36.4 Å². The Morgan fingerprint density at radius 3 is 2.80 bits per heavy atom. The van der Waals surface area contributed by atoms with E-state index in [0.29, 0.717) is 18.7 Å². The van der Waals surface area contributed by atoms with Gasteiger partial charge in [0.1, 0.15) is 0 Å². The Morgan fingerprint density at radius 2 is 2.10 bits per heavy atom. The van der Waals surface area contributed by atoms with Crippen molar-refractivity contribution in [3.05, 3.63) is 57.8 Å². The molecule has 0 radical (unpaired) electrons. The Balaban J connectivity index is 1.89. The number of hydrogen-bond acceptors (Lipinski definition) is 3. The van der Waals surface area contributed by atoms with Gasteiger partial charge in [-0.25, -0.2) is 0 Å². The van der Waals surface area contributed by atoms with E-state index in [4.69, 9.17) is 4.74 Å². The summed E-state index contributed by atoms with van der Waals surface area (Å²) in [4.78, 5) is 11.8. The molecule has 1 N–H and O–H groups in total. The molecule has 0 aliphatic carbocycles. The summed E-state index contributed by atoms with van der Waals surface area (Å²) in [6.45, 7) is 5.17. The van der Waals surface area contributed by atoms with E-state index in [-0.39, 0.29) is 12.0 Å². The molecule has 0 atom stereocenters. The number of carbonyl (C=O) groups excluding carboxylic acids is 1. The quantitative estimate of drug-likeness (QED) is 0.882. The van der Waals surface area contributed by atoms with Crippen LogP contribution in [-0.2, 0) is 17.9 Å². The molecule has 2 aromatic rings. The smallest absolute Gasteiger partial charge is 0.252 e. The van der Waals surface area contributed by atoms with Gasteiger partial charge < -0.3 is 10.1 Å². The van der Waals surface area contributed by atoms with Gasteiger partial charge in [0, 0.05) is 17.5 Å². The standard InChI is InChI=1S/C16H19NO2S/c1-12(2)19-10-14-5-3-4-13(8-14)9-17-16(18)15-6-7-20-11-15/h3-8,11-12H,9-10H2,1-2H3,(H,17,18). The molecule has 0 saturated heterocycles. The minimum absolute atomic E-state index is 0.0323. The Labute approximate surface area is 123 Å². The SMILES string of the molecule is CC(C)OCc1cccc(CNC(=O)c2ccsc2)c1. The highest BCUT2D eigenvalue weighted by Gasteiger charge is 2.05. The van der Waals surface area contributed by atoms with Gasteiger partial charge in [-0.1, -0.05) is 24.3 Å². The Hall–Kier alpha value is -1.65. The number of amides is 1. The van der Waals surface area contributed by atoms with E-state index in [0.717, 1.165) is 11.1 Å². The van der Waals surface area contributed by atoms with E-state index >= 15 is 0 Å². The Bertz CT molecular complexity index is 549. The minimum atomic E-state index is -0.0323. The summed E-state index contributed by atoms with van der Waals surface area (Å²) in [7, 11) is 0. The number of carbonyl (C=O) groups is 1. The molecule has 0 saturated carbocycles. The second-order valence-electron chi connectivity index (χ2n) is 4.87. The molecule has 106 valence electrons. The second kappa shape index (κ2) is 7.22. The summed E-state index contributed by atoms with van der Waals surface area (Å²) in [5.41, 5.74) is 2.92. The highest BCUT2D eigenvalue weighted by Crippen LogP contribution is 2.09. The van der Waals surface area contributed by atoms with E-state index in [1.54, 1.807) is 0 Å². The average Bonchev–Trinajstić information content (AvgIpc) is 2.97. The van der Waals surface area contributed by atoms with Crippen LogP contribution in [0.15, 0.2) is 41.1 Å². The van der Waals surface area contributed by atoms with Crippen LogP contribution in [0.5, 0.6) is 0 Å². The highest BCUT2D eigenvalue weighted by molar-refractivity contribution is 7.08. The highest BCUT2D eigenvalue weighted by atomic mass is 32.1. The molecule has 1 aromatic heterocycles. The number of nitrogens with one attached hydrogen (secondary N) is 1. The van der Waals surface area contributed by atoms with Gasteiger partial charge in [0.25, 0.3) is 5.91 Å². The monoisotopic (exact) mass is 289 g/mol. The average molecular weight is 289 g/mol. The lowest BCUT2D eigenvalue weighted by Gasteiger charge is -2.09. The first-order valence-electron chi connectivity index (χ1n) is 6.65. The maximum atomic E-state index is 11.8. The van der Waals surface area contributed by atoms with E-state index in [1.165, 1.54) is 11.3 Å². The van der Waals surface area contributed by atoms with Gasteiger partial charge in [-0.2, -0.15) is 11.3 Å². The van der Waals surface area contributed by atoms with Crippen molar-refractivity contribution >= 4 is 17.2 Å². The summed E-state index contributed by atoms with van der Waals surface area (Å²) in [6.07, 6.45) is 0.219. The predicted octanol–water partition coefficient (Wildman–Crippen LogP) is 3.60. The van der Waals surface area contributed by atoms with Gasteiger partial charge >= 0.3 is 0 Å². The zero-order valence-electron chi connectivity index (χ0n) is 11.8. The van der Waals surface area contributed by atoms with Crippen LogP contribution >= 0.6 is 11.3 Å². The van der Waals surface area contributed by atoms with Crippen molar-refractivity contribution in [2.75, 3.05) is 0 Å². The molecule has 3 nitrogen and oxygen atoms in total. The molecule has 0 aliphatic rings. The van der Waals surface area contributed by atoms with Crippen LogP contribution in [0.3, 0.4) is 0 Å². The Morgan fingerprint density at radius 1 is 1.30 bits per heavy atom. The fraction of sp³-hybridized carbons (Fsp3) is 0.312. The third-order valence-corrected chi connectivity index (χ3v) is 3.49. The molecule has 1 aromatic carbocycles. The van der Waals surface area contributed by atoms with Gasteiger partial charge in [0.2, 0.25) is 0 Å². The van der Waals surface area contributed by atoms with E-state index in [9.17, 15) is 4.79 Å². The van der Waals surface area contributed by atoms with Crippen molar-refractivity contribution in [2.45, 2.75) is 33.1 Å². The van der Waals surface area contributed by atoms with Crippen molar-refractivity contribution in [3.63, 3.8) is 0 Å². The number of benzene rings is 1. The molecule has 0 spiro atoms. The zero-order chi connectivity index (χ0) is 14.4. The third kappa shape index (κ3) is 4.47. The first-order chi connectivity index (χ1) is 9.65. The fourth-order valence-corrected chi connectivity index (χ4v) is 2.41. The van der Waals surface area contributed by atoms with E-state index < -0.39 is 0 Å². The molecular formula is C16H19NO2S. The van der Waals surface area contributed by atoms with Crippen LogP contribution in [0.1, 0.15) is 35.3 Å². The molecule has 0 aliphatic heterocycles. The number of ether oxygens (including phenoxy) is 1. The molecule has 1 heterocycles. The molecule has 0 unspecified atom stereocenters. The second-order valence-corrected chi connectivity index (χ2v) is 5.65. The number of thiophene rings is 1.